The monoisotopic (exact) mass is 125 g/mol. The molecule has 0 aliphatic rings. The van der Waals surface area contributed by atoms with Crippen molar-refractivity contribution < 1.29 is 9.50 Å². The second kappa shape index (κ2) is 2.60. The fourth-order valence-corrected chi connectivity index (χ4v) is 0.555. The summed E-state index contributed by atoms with van der Waals surface area (Å²) in [6.45, 7) is 0. The Labute approximate surface area is 52.8 Å². The summed E-state index contributed by atoms with van der Waals surface area (Å²) >= 11 is 0. The van der Waals surface area contributed by atoms with Gasteiger partial charge in [-0.1, -0.05) is 24.3 Å². The minimum absolute atomic E-state index is 0.178. The molecule has 1 radical (unpaired) electrons. The van der Waals surface area contributed by atoms with Crippen LogP contribution in [0.4, 0.5) is 4.39 Å². The van der Waals surface area contributed by atoms with Crippen molar-refractivity contribution in [1.29, 1.82) is 0 Å². The summed E-state index contributed by atoms with van der Waals surface area (Å²) < 4.78 is 12.0. The summed E-state index contributed by atoms with van der Waals surface area (Å²) in [4.78, 5) is 0. The van der Waals surface area contributed by atoms with E-state index in [0.717, 1.165) is 0 Å². The Kier molecular flexibility index (Phi) is 1.80. The van der Waals surface area contributed by atoms with Crippen molar-refractivity contribution in [2.45, 2.75) is 6.36 Å². The fourth-order valence-electron chi connectivity index (χ4n) is 0.555. The highest BCUT2D eigenvalue weighted by molar-refractivity contribution is 5.13. The minimum Gasteiger partial charge on any atom is -0.360 e. The van der Waals surface area contributed by atoms with Crippen molar-refractivity contribution in [3.8, 4) is 0 Å². The van der Waals surface area contributed by atoms with Crippen LogP contribution in [0.15, 0.2) is 24.3 Å². The van der Waals surface area contributed by atoms with Crippen LogP contribution < -0.4 is 0 Å². The molecule has 1 aromatic carbocycles. The number of rotatable bonds is 1. The van der Waals surface area contributed by atoms with Gasteiger partial charge < -0.3 is 5.11 Å². The smallest absolute Gasteiger partial charge is 0.223 e. The molecule has 0 aliphatic heterocycles. The lowest BCUT2D eigenvalue weighted by atomic mass is 10.2. The number of aliphatic hydroxyl groups excluding tert-OH is 1. The Morgan fingerprint density at radius 2 is 2.33 bits per heavy atom. The van der Waals surface area contributed by atoms with Crippen molar-refractivity contribution in [1.82, 2.24) is 0 Å². The summed E-state index contributed by atoms with van der Waals surface area (Å²) in [6, 6.07) is 8.94. The highest BCUT2D eigenvalue weighted by Crippen LogP contribution is 2.10. The maximum Gasteiger partial charge on any atom is 0.223 e. The first-order chi connectivity index (χ1) is 4.30. The molecular formula is C7H6FO. The third kappa shape index (κ3) is 1.50. The molecule has 0 spiro atoms. The number of benzene rings is 1. The van der Waals surface area contributed by atoms with Crippen molar-refractivity contribution in [2.75, 3.05) is 0 Å². The molecule has 0 aliphatic carbocycles. The maximum atomic E-state index is 12.0. The summed E-state index contributed by atoms with van der Waals surface area (Å²) in [6.07, 6.45) is -1.90. The molecule has 1 rings (SSSR count). The minimum atomic E-state index is -1.90. The SMILES string of the molecule is OC(F)c1[c]cccc1. The highest BCUT2D eigenvalue weighted by Gasteiger charge is 2.00. The quantitative estimate of drug-likeness (QED) is 0.602. The molecule has 1 nitrogen and oxygen atoms in total. The second-order valence-electron chi connectivity index (χ2n) is 1.65. The van der Waals surface area contributed by atoms with E-state index in [4.69, 9.17) is 5.11 Å². The molecule has 1 aromatic rings. The average molecular weight is 125 g/mol. The zero-order valence-electron chi connectivity index (χ0n) is 4.71. The van der Waals surface area contributed by atoms with Gasteiger partial charge in [0.15, 0.2) is 0 Å². The third-order valence-corrected chi connectivity index (χ3v) is 0.990. The first-order valence-electron chi connectivity index (χ1n) is 2.59. The third-order valence-electron chi connectivity index (χ3n) is 0.990. The molecule has 0 bridgehead atoms. The van der Waals surface area contributed by atoms with Crippen LogP contribution in [0.25, 0.3) is 0 Å². The van der Waals surface area contributed by atoms with E-state index in [1.54, 1.807) is 18.2 Å². The molecule has 0 heterocycles. The summed E-state index contributed by atoms with van der Waals surface area (Å²) in [5.41, 5.74) is 0.178. The molecule has 0 fully saturated rings. The lowest BCUT2D eigenvalue weighted by molar-refractivity contribution is 0.0409. The molecule has 0 aromatic heterocycles. The van der Waals surface area contributed by atoms with E-state index in [1.165, 1.54) is 6.07 Å². The normalized spacial score (nSPS) is 13.1. The van der Waals surface area contributed by atoms with E-state index in [0.29, 0.717) is 0 Å². The van der Waals surface area contributed by atoms with Crippen molar-refractivity contribution in [2.24, 2.45) is 0 Å². The van der Waals surface area contributed by atoms with Gasteiger partial charge in [0.25, 0.3) is 0 Å². The predicted molar refractivity (Wildman–Crippen MR) is 31.3 cm³/mol. The molecule has 9 heavy (non-hydrogen) atoms. The van der Waals surface area contributed by atoms with Crippen LogP contribution in [0.1, 0.15) is 11.9 Å². The second-order valence-corrected chi connectivity index (χ2v) is 1.65. The van der Waals surface area contributed by atoms with Gasteiger partial charge in [-0.05, 0) is 6.07 Å². The van der Waals surface area contributed by atoms with E-state index >= 15 is 0 Å². The van der Waals surface area contributed by atoms with Crippen LogP contribution in [0.3, 0.4) is 0 Å². The molecule has 0 amide bonds. The van der Waals surface area contributed by atoms with Crippen LogP contribution in [0.2, 0.25) is 0 Å². The van der Waals surface area contributed by atoms with E-state index in [-0.39, 0.29) is 5.56 Å². The standard InChI is InChI=1S/C7H6FO/c8-7(9)6-4-2-1-3-5-6/h1-4,7,9H. The van der Waals surface area contributed by atoms with Crippen molar-refractivity contribution >= 4 is 0 Å². The Morgan fingerprint density at radius 3 is 2.67 bits per heavy atom. The van der Waals surface area contributed by atoms with E-state index in [9.17, 15) is 4.39 Å². The number of hydrogen-bond donors (Lipinski definition) is 1. The molecular weight excluding hydrogens is 119 g/mol. The number of hydrogen-bond acceptors (Lipinski definition) is 1. The van der Waals surface area contributed by atoms with Gasteiger partial charge in [0, 0.05) is 5.56 Å². The molecule has 1 atom stereocenters. The molecule has 0 saturated carbocycles. The summed E-state index contributed by atoms with van der Waals surface area (Å²) in [7, 11) is 0. The van der Waals surface area contributed by atoms with Gasteiger partial charge in [-0.2, -0.15) is 0 Å². The molecule has 1 N–H and O–H groups in total. The Balaban J connectivity index is 2.85. The van der Waals surface area contributed by atoms with Gasteiger partial charge in [0.2, 0.25) is 6.36 Å². The number of alkyl halides is 1. The van der Waals surface area contributed by atoms with Gasteiger partial charge in [-0.15, -0.1) is 0 Å². The van der Waals surface area contributed by atoms with Gasteiger partial charge in [-0.3, -0.25) is 0 Å². The number of aliphatic hydroxyl groups is 1. The Morgan fingerprint density at radius 1 is 1.56 bits per heavy atom. The first kappa shape index (κ1) is 6.23. The molecule has 2 heteroatoms. The van der Waals surface area contributed by atoms with Gasteiger partial charge >= 0.3 is 0 Å². The lowest BCUT2D eigenvalue weighted by Crippen LogP contribution is -1.86. The highest BCUT2D eigenvalue weighted by atomic mass is 19.1. The Hall–Kier alpha value is -0.890. The fraction of sp³-hybridized carbons (Fsp3) is 0.143. The van der Waals surface area contributed by atoms with Crippen LogP contribution in [0, 0.1) is 6.07 Å². The molecule has 1 unspecified atom stereocenters. The van der Waals surface area contributed by atoms with Crippen molar-refractivity contribution in [3.63, 3.8) is 0 Å². The summed E-state index contributed by atoms with van der Waals surface area (Å²) in [5, 5.41) is 8.33. The van der Waals surface area contributed by atoms with E-state index < -0.39 is 6.36 Å². The van der Waals surface area contributed by atoms with Crippen LogP contribution in [-0.2, 0) is 0 Å². The predicted octanol–water partition coefficient (Wildman–Crippen LogP) is 1.45. The van der Waals surface area contributed by atoms with Crippen LogP contribution >= 0.6 is 0 Å². The lowest BCUT2D eigenvalue weighted by Gasteiger charge is -1.96. The maximum absolute atomic E-state index is 12.0. The first-order valence-corrected chi connectivity index (χ1v) is 2.59. The molecule has 0 saturated heterocycles. The average Bonchev–Trinajstić information content (AvgIpc) is 1.90. The van der Waals surface area contributed by atoms with E-state index in [1.807, 2.05) is 0 Å². The summed E-state index contributed by atoms with van der Waals surface area (Å²) in [5.74, 6) is 0. The van der Waals surface area contributed by atoms with Crippen LogP contribution in [-0.4, -0.2) is 5.11 Å². The van der Waals surface area contributed by atoms with Gasteiger partial charge in [0.1, 0.15) is 0 Å². The topological polar surface area (TPSA) is 20.2 Å². The van der Waals surface area contributed by atoms with Crippen molar-refractivity contribution in [3.05, 3.63) is 35.9 Å². The largest absolute Gasteiger partial charge is 0.360 e. The zero-order valence-corrected chi connectivity index (χ0v) is 4.71. The van der Waals surface area contributed by atoms with Crippen LogP contribution in [0.5, 0.6) is 0 Å². The Bertz CT molecular complexity index is 172. The zero-order chi connectivity index (χ0) is 6.69. The number of halogens is 1. The van der Waals surface area contributed by atoms with Gasteiger partial charge in [0.05, 0.1) is 0 Å². The molecule has 47 valence electrons. The van der Waals surface area contributed by atoms with Gasteiger partial charge in [-0.25, -0.2) is 4.39 Å². The van der Waals surface area contributed by atoms with E-state index in [2.05, 4.69) is 6.07 Å².